The molecule has 5 heteroatoms. The number of halogens is 2. The number of hydrogen-bond donors (Lipinski definition) is 2. The van der Waals surface area contributed by atoms with Crippen LogP contribution in [0.15, 0.2) is 0 Å². The van der Waals surface area contributed by atoms with Gasteiger partial charge in [0.05, 0.1) is 0 Å². The number of unbranched alkanes of at least 4 members (excludes halogenated alkanes) is 3. The van der Waals surface area contributed by atoms with Crippen LogP contribution in [-0.2, 0) is 4.79 Å². The standard InChI is InChI=1S/C10H18F2O3/c1-3-4-5-6-7-9(2,15)10(11,12)8(13)14/h15H,3-7H2,1-2H3,(H,13,14). The first-order chi connectivity index (χ1) is 6.75. The van der Waals surface area contributed by atoms with Gasteiger partial charge in [0.2, 0.25) is 0 Å². The fourth-order valence-corrected chi connectivity index (χ4v) is 1.28. The summed E-state index contributed by atoms with van der Waals surface area (Å²) in [6.45, 7) is 2.84. The third-order valence-electron chi connectivity index (χ3n) is 2.46. The molecule has 0 aromatic carbocycles. The molecule has 3 nitrogen and oxygen atoms in total. The van der Waals surface area contributed by atoms with Crippen molar-refractivity contribution in [2.75, 3.05) is 0 Å². The molecule has 90 valence electrons. The van der Waals surface area contributed by atoms with Gasteiger partial charge in [0, 0.05) is 0 Å². The molecule has 0 aromatic rings. The van der Waals surface area contributed by atoms with E-state index in [1.54, 1.807) is 0 Å². The zero-order chi connectivity index (χ0) is 12.1. The van der Waals surface area contributed by atoms with Crippen LogP contribution in [0, 0.1) is 0 Å². The largest absolute Gasteiger partial charge is 0.477 e. The van der Waals surface area contributed by atoms with Crippen molar-refractivity contribution >= 4 is 5.97 Å². The Morgan fingerprint density at radius 2 is 1.80 bits per heavy atom. The smallest absolute Gasteiger partial charge is 0.377 e. The van der Waals surface area contributed by atoms with Crippen LogP contribution < -0.4 is 0 Å². The Hall–Kier alpha value is -0.710. The van der Waals surface area contributed by atoms with Crippen LogP contribution >= 0.6 is 0 Å². The van der Waals surface area contributed by atoms with Gasteiger partial charge in [-0.15, -0.1) is 0 Å². The van der Waals surface area contributed by atoms with Crippen LogP contribution in [0.4, 0.5) is 8.78 Å². The number of aliphatic carboxylic acids is 1. The number of rotatable bonds is 7. The van der Waals surface area contributed by atoms with Crippen LogP contribution in [0.2, 0.25) is 0 Å². The van der Waals surface area contributed by atoms with E-state index in [0.717, 1.165) is 26.2 Å². The minimum atomic E-state index is -4.08. The van der Waals surface area contributed by atoms with Crippen molar-refractivity contribution in [1.29, 1.82) is 0 Å². The van der Waals surface area contributed by atoms with E-state index in [2.05, 4.69) is 0 Å². The first-order valence-electron chi connectivity index (χ1n) is 5.09. The third-order valence-corrected chi connectivity index (χ3v) is 2.46. The van der Waals surface area contributed by atoms with E-state index >= 15 is 0 Å². The van der Waals surface area contributed by atoms with Gasteiger partial charge in [-0.3, -0.25) is 0 Å². The molecule has 0 aliphatic heterocycles. The van der Waals surface area contributed by atoms with Crippen LogP contribution in [0.3, 0.4) is 0 Å². The van der Waals surface area contributed by atoms with Crippen LogP contribution in [0.5, 0.6) is 0 Å². The number of carboxylic acid groups (broad SMARTS) is 1. The van der Waals surface area contributed by atoms with Crippen molar-refractivity contribution in [3.8, 4) is 0 Å². The normalized spacial score (nSPS) is 16.1. The van der Waals surface area contributed by atoms with Gasteiger partial charge in [0.15, 0.2) is 0 Å². The summed E-state index contributed by atoms with van der Waals surface area (Å²) in [5.74, 6) is -6.36. The lowest BCUT2D eigenvalue weighted by molar-refractivity contribution is -0.205. The predicted molar refractivity (Wildman–Crippen MR) is 52.0 cm³/mol. The Labute approximate surface area is 88.1 Å². The molecule has 0 rings (SSSR count). The average molecular weight is 224 g/mol. The number of aliphatic hydroxyl groups is 1. The molecule has 15 heavy (non-hydrogen) atoms. The van der Waals surface area contributed by atoms with E-state index in [9.17, 15) is 18.7 Å². The maximum atomic E-state index is 13.0. The van der Waals surface area contributed by atoms with Crippen molar-refractivity contribution in [2.45, 2.75) is 57.5 Å². The highest BCUT2D eigenvalue weighted by molar-refractivity contribution is 5.76. The molecule has 0 saturated heterocycles. The minimum absolute atomic E-state index is 0.202. The van der Waals surface area contributed by atoms with E-state index in [1.165, 1.54) is 0 Å². The lowest BCUT2D eigenvalue weighted by Gasteiger charge is -2.29. The average Bonchev–Trinajstić information content (AvgIpc) is 2.12. The second-order valence-electron chi connectivity index (χ2n) is 3.96. The number of hydrogen-bond acceptors (Lipinski definition) is 2. The summed E-state index contributed by atoms with van der Waals surface area (Å²) in [5.41, 5.74) is -2.47. The molecule has 0 saturated carbocycles. The van der Waals surface area contributed by atoms with Crippen LogP contribution in [0.1, 0.15) is 46.0 Å². The highest BCUT2D eigenvalue weighted by Gasteiger charge is 2.55. The Balaban J connectivity index is 4.22. The van der Waals surface area contributed by atoms with Crippen molar-refractivity contribution in [1.82, 2.24) is 0 Å². The third kappa shape index (κ3) is 3.74. The molecule has 0 aromatic heterocycles. The molecule has 0 spiro atoms. The van der Waals surface area contributed by atoms with Gasteiger partial charge in [-0.05, 0) is 13.3 Å². The molecule has 0 aliphatic carbocycles. The van der Waals surface area contributed by atoms with E-state index < -0.39 is 17.5 Å². The second-order valence-corrected chi connectivity index (χ2v) is 3.96. The van der Waals surface area contributed by atoms with Gasteiger partial charge >= 0.3 is 11.9 Å². The van der Waals surface area contributed by atoms with Crippen LogP contribution in [0.25, 0.3) is 0 Å². The SMILES string of the molecule is CCCCCCC(C)(O)C(F)(F)C(=O)O. The van der Waals surface area contributed by atoms with Gasteiger partial charge in [-0.1, -0.05) is 32.6 Å². The topological polar surface area (TPSA) is 57.5 Å². The van der Waals surface area contributed by atoms with Crippen molar-refractivity contribution in [3.05, 3.63) is 0 Å². The Bertz CT molecular complexity index is 215. The zero-order valence-electron chi connectivity index (χ0n) is 9.09. The first kappa shape index (κ1) is 14.3. The quantitative estimate of drug-likeness (QED) is 0.653. The number of alkyl halides is 2. The van der Waals surface area contributed by atoms with Crippen molar-refractivity contribution in [2.24, 2.45) is 0 Å². The summed E-state index contributed by atoms with van der Waals surface area (Å²) in [4.78, 5) is 10.2. The van der Waals surface area contributed by atoms with E-state index in [4.69, 9.17) is 5.11 Å². The van der Waals surface area contributed by atoms with Crippen LogP contribution in [-0.4, -0.2) is 27.7 Å². The number of carboxylic acids is 1. The fraction of sp³-hybridized carbons (Fsp3) is 0.900. The minimum Gasteiger partial charge on any atom is -0.477 e. The molecular formula is C10H18F2O3. The van der Waals surface area contributed by atoms with E-state index in [0.29, 0.717) is 6.42 Å². The Morgan fingerprint density at radius 3 is 2.20 bits per heavy atom. The zero-order valence-corrected chi connectivity index (χ0v) is 9.09. The predicted octanol–water partition coefficient (Wildman–Crippen LogP) is 2.43. The highest BCUT2D eigenvalue weighted by atomic mass is 19.3. The highest BCUT2D eigenvalue weighted by Crippen LogP contribution is 2.33. The summed E-state index contributed by atoms with van der Waals surface area (Å²) in [6.07, 6.45) is 2.78. The summed E-state index contributed by atoms with van der Waals surface area (Å²) in [5, 5.41) is 17.7. The lowest BCUT2D eigenvalue weighted by atomic mass is 9.91. The molecule has 1 atom stereocenters. The fourth-order valence-electron chi connectivity index (χ4n) is 1.28. The van der Waals surface area contributed by atoms with E-state index in [-0.39, 0.29) is 6.42 Å². The summed E-state index contributed by atoms with van der Waals surface area (Å²) in [7, 11) is 0. The number of carbonyl (C=O) groups is 1. The molecule has 0 bridgehead atoms. The van der Waals surface area contributed by atoms with Gasteiger partial charge in [-0.25, -0.2) is 4.79 Å². The molecule has 0 amide bonds. The van der Waals surface area contributed by atoms with Gasteiger partial charge < -0.3 is 10.2 Å². The monoisotopic (exact) mass is 224 g/mol. The van der Waals surface area contributed by atoms with Crippen molar-refractivity contribution < 1.29 is 23.8 Å². The summed E-state index contributed by atoms with van der Waals surface area (Å²) in [6, 6.07) is 0. The summed E-state index contributed by atoms with van der Waals surface area (Å²) >= 11 is 0. The van der Waals surface area contributed by atoms with Crippen molar-refractivity contribution in [3.63, 3.8) is 0 Å². The molecule has 2 N–H and O–H groups in total. The Morgan fingerprint density at radius 1 is 1.27 bits per heavy atom. The second kappa shape index (κ2) is 5.39. The molecule has 0 heterocycles. The molecule has 1 unspecified atom stereocenters. The lowest BCUT2D eigenvalue weighted by Crippen LogP contribution is -2.51. The van der Waals surface area contributed by atoms with Gasteiger partial charge in [-0.2, -0.15) is 8.78 Å². The molecule has 0 fully saturated rings. The maximum Gasteiger partial charge on any atom is 0.377 e. The van der Waals surface area contributed by atoms with Gasteiger partial charge in [0.1, 0.15) is 5.60 Å². The first-order valence-corrected chi connectivity index (χ1v) is 5.09. The molecule has 0 aliphatic rings. The maximum absolute atomic E-state index is 13.0. The molecular weight excluding hydrogens is 206 g/mol. The van der Waals surface area contributed by atoms with E-state index in [1.807, 2.05) is 6.92 Å². The Kier molecular flexibility index (Phi) is 5.14. The molecule has 0 radical (unpaired) electrons. The summed E-state index contributed by atoms with van der Waals surface area (Å²) < 4.78 is 26.0. The van der Waals surface area contributed by atoms with Gasteiger partial charge in [0.25, 0.3) is 0 Å².